The largest absolute Gasteiger partial charge is 0.480 e. The zero-order valence-electron chi connectivity index (χ0n) is 25.2. The van der Waals surface area contributed by atoms with E-state index in [1.807, 2.05) is 79.9 Å². The number of aryl methyl sites for hydroxylation is 1. The average Bonchev–Trinajstić information content (AvgIpc) is 3.49. The molecule has 2 atom stereocenters. The van der Waals surface area contributed by atoms with Gasteiger partial charge in [-0.1, -0.05) is 80.4 Å². The third-order valence-corrected chi connectivity index (χ3v) is 9.39. The van der Waals surface area contributed by atoms with Crippen molar-refractivity contribution in [2.24, 2.45) is 0 Å². The van der Waals surface area contributed by atoms with Gasteiger partial charge in [-0.15, -0.1) is 11.3 Å². The maximum Gasteiger partial charge on any atom is 0.326 e. The second kappa shape index (κ2) is 15.2. The maximum absolute atomic E-state index is 13.4. The van der Waals surface area contributed by atoms with Crippen LogP contribution in [0.2, 0.25) is 0 Å². The van der Waals surface area contributed by atoms with E-state index in [-0.39, 0.29) is 18.3 Å². The van der Waals surface area contributed by atoms with Crippen LogP contribution in [0.25, 0.3) is 21.7 Å². The number of carboxylic acid groups (broad SMARTS) is 1. The van der Waals surface area contributed by atoms with Gasteiger partial charge in [-0.3, -0.25) is 4.79 Å². The Hall–Kier alpha value is -3.86. The number of amides is 1. The predicted molar refractivity (Wildman–Crippen MR) is 174 cm³/mol. The molecule has 0 spiro atoms. The van der Waals surface area contributed by atoms with Crippen LogP contribution in [0.1, 0.15) is 65.1 Å². The van der Waals surface area contributed by atoms with Crippen LogP contribution in [0.4, 0.5) is 0 Å². The van der Waals surface area contributed by atoms with Crippen LogP contribution >= 0.6 is 11.3 Å². The summed E-state index contributed by atoms with van der Waals surface area (Å²) >= 11 is 1.63. The molecule has 10 heteroatoms. The van der Waals surface area contributed by atoms with E-state index >= 15 is 0 Å². The average molecular weight is 635 g/mol. The predicted octanol–water partition coefficient (Wildman–Crippen LogP) is 6.85. The number of nitrogens with one attached hydrogen (secondary N) is 1. The number of benzene rings is 3. The highest BCUT2D eigenvalue weighted by molar-refractivity contribution is 7.90. The minimum Gasteiger partial charge on any atom is -0.480 e. The lowest BCUT2D eigenvalue weighted by Gasteiger charge is -2.19. The van der Waals surface area contributed by atoms with E-state index in [4.69, 9.17) is 4.74 Å². The van der Waals surface area contributed by atoms with E-state index in [9.17, 15) is 23.1 Å². The summed E-state index contributed by atoms with van der Waals surface area (Å²) in [6, 6.07) is 21.7. The lowest BCUT2D eigenvalue weighted by molar-refractivity contribution is -0.139. The number of nitrogens with zero attached hydrogens (tertiary/aromatic N) is 1. The molecule has 44 heavy (non-hydrogen) atoms. The quantitative estimate of drug-likeness (QED) is 0.147. The van der Waals surface area contributed by atoms with Crippen LogP contribution in [0.5, 0.6) is 0 Å². The normalized spacial score (nSPS) is 12.9. The van der Waals surface area contributed by atoms with Crippen molar-refractivity contribution >= 4 is 33.1 Å². The molecule has 4 rings (SSSR count). The Bertz CT molecular complexity index is 1680. The van der Waals surface area contributed by atoms with E-state index in [0.29, 0.717) is 17.7 Å². The Balaban J connectivity index is 1.59. The summed E-state index contributed by atoms with van der Waals surface area (Å²) in [7, 11) is -3.40. The molecule has 8 nitrogen and oxygen atoms in total. The van der Waals surface area contributed by atoms with Crippen molar-refractivity contribution in [2.45, 2.75) is 58.3 Å². The fraction of sp³-hybridized carbons (Fsp3) is 0.324. The number of hydrogen-bond acceptors (Lipinski definition) is 7. The summed E-state index contributed by atoms with van der Waals surface area (Å²) in [4.78, 5) is 31.0. The molecule has 1 amide bonds. The third kappa shape index (κ3) is 9.07. The van der Waals surface area contributed by atoms with Crippen molar-refractivity contribution in [2.75, 3.05) is 12.0 Å². The van der Waals surface area contributed by atoms with Crippen molar-refractivity contribution in [3.63, 3.8) is 0 Å². The molecule has 0 aliphatic rings. The van der Waals surface area contributed by atoms with Gasteiger partial charge in [-0.05, 0) is 54.2 Å². The summed E-state index contributed by atoms with van der Waals surface area (Å²) < 4.78 is 29.7. The lowest BCUT2D eigenvalue weighted by Crippen LogP contribution is -2.42. The SMILES string of the molecule is CCCC[C@H](OCc1ccc(C(=O)N[C@@H](CCS(C)(=O)=O)C(=O)O)c(-c2ccccc2C)c1)c1cnc(-c2ccccc2)s1. The monoisotopic (exact) mass is 634 g/mol. The highest BCUT2D eigenvalue weighted by atomic mass is 32.2. The Morgan fingerprint density at radius 3 is 2.41 bits per heavy atom. The van der Waals surface area contributed by atoms with E-state index in [2.05, 4.69) is 17.2 Å². The number of thiazole rings is 1. The zero-order valence-corrected chi connectivity index (χ0v) is 26.8. The minimum absolute atomic E-state index is 0.138. The molecule has 0 saturated carbocycles. The Morgan fingerprint density at radius 2 is 1.73 bits per heavy atom. The maximum atomic E-state index is 13.4. The number of aromatic nitrogens is 1. The van der Waals surface area contributed by atoms with E-state index in [1.165, 1.54) is 0 Å². The molecule has 2 N–H and O–H groups in total. The van der Waals surface area contributed by atoms with Crippen LogP contribution in [0, 0.1) is 6.92 Å². The van der Waals surface area contributed by atoms with Crippen molar-refractivity contribution < 1.29 is 27.9 Å². The van der Waals surface area contributed by atoms with Gasteiger partial charge in [-0.25, -0.2) is 18.2 Å². The molecular formula is C34H38N2O6S2. The molecule has 0 aliphatic heterocycles. The molecule has 0 bridgehead atoms. The van der Waals surface area contributed by atoms with Gasteiger partial charge in [0.25, 0.3) is 5.91 Å². The van der Waals surface area contributed by atoms with Crippen LogP contribution in [0.3, 0.4) is 0 Å². The molecule has 0 saturated heterocycles. The highest BCUT2D eigenvalue weighted by Crippen LogP contribution is 2.34. The number of hydrogen-bond donors (Lipinski definition) is 2. The molecule has 0 aliphatic carbocycles. The first-order valence-electron chi connectivity index (χ1n) is 14.6. The summed E-state index contributed by atoms with van der Waals surface area (Å²) in [6.45, 7) is 4.40. The van der Waals surface area contributed by atoms with Crippen molar-refractivity contribution in [3.05, 3.63) is 101 Å². The standard InChI is InChI=1S/C34H38N2O6S2/c1-4-5-15-30(31-21-35-33(43-31)25-12-7-6-8-13-25)42-22-24-16-17-27(28(20-24)26-14-10-9-11-23(26)2)32(37)36-29(34(38)39)18-19-44(3,40)41/h6-14,16-17,20-21,29-30H,4-5,15,18-19,22H2,1-3H3,(H,36,37)(H,38,39)/t29-,30-/m0/s1. The number of carboxylic acids is 1. The fourth-order valence-corrected chi connectivity index (χ4v) is 6.52. The number of aliphatic carboxylic acids is 1. The number of unbranched alkanes of at least 4 members (excludes halogenated alkanes) is 1. The van der Waals surface area contributed by atoms with Crippen molar-refractivity contribution in [3.8, 4) is 21.7 Å². The molecule has 232 valence electrons. The van der Waals surface area contributed by atoms with Gasteiger partial charge in [0.15, 0.2) is 0 Å². The number of ether oxygens (including phenoxy) is 1. The first-order valence-corrected chi connectivity index (χ1v) is 17.5. The Morgan fingerprint density at radius 1 is 1.00 bits per heavy atom. The summed E-state index contributed by atoms with van der Waals surface area (Å²) in [5, 5.41) is 13.1. The zero-order chi connectivity index (χ0) is 31.7. The van der Waals surface area contributed by atoms with Crippen molar-refractivity contribution in [1.82, 2.24) is 10.3 Å². The molecule has 0 radical (unpaired) electrons. The Kier molecular flexibility index (Phi) is 11.4. The second-order valence-electron chi connectivity index (χ2n) is 10.9. The van der Waals surface area contributed by atoms with Gasteiger partial charge in [0, 0.05) is 23.6 Å². The third-order valence-electron chi connectivity index (χ3n) is 7.28. The number of sulfone groups is 1. The first kappa shape index (κ1) is 33.0. The molecular weight excluding hydrogens is 597 g/mol. The van der Waals surface area contributed by atoms with E-state index in [1.54, 1.807) is 17.4 Å². The molecule has 3 aromatic carbocycles. The molecule has 0 fully saturated rings. The summed E-state index contributed by atoms with van der Waals surface area (Å²) in [5.41, 5.74) is 4.65. The molecule has 1 heterocycles. The molecule has 0 unspecified atom stereocenters. The van der Waals surface area contributed by atoms with E-state index < -0.39 is 27.8 Å². The highest BCUT2D eigenvalue weighted by Gasteiger charge is 2.25. The van der Waals surface area contributed by atoms with Crippen LogP contribution in [-0.4, -0.2) is 48.4 Å². The minimum atomic E-state index is -3.40. The van der Waals surface area contributed by atoms with Crippen LogP contribution in [-0.2, 0) is 26.0 Å². The number of carbonyl (C=O) groups is 2. The van der Waals surface area contributed by atoms with E-state index in [0.717, 1.165) is 57.7 Å². The van der Waals surface area contributed by atoms with Gasteiger partial charge in [-0.2, -0.15) is 0 Å². The van der Waals surface area contributed by atoms with Gasteiger partial charge in [0.05, 0.1) is 23.3 Å². The molecule has 4 aromatic rings. The summed E-state index contributed by atoms with van der Waals surface area (Å²) in [6.07, 6.45) is 5.45. The van der Waals surface area contributed by atoms with Gasteiger partial charge < -0.3 is 15.2 Å². The van der Waals surface area contributed by atoms with Crippen LogP contribution < -0.4 is 5.32 Å². The topological polar surface area (TPSA) is 123 Å². The van der Waals surface area contributed by atoms with Crippen LogP contribution in [0.15, 0.2) is 79.0 Å². The van der Waals surface area contributed by atoms with Gasteiger partial charge >= 0.3 is 5.97 Å². The second-order valence-corrected chi connectivity index (χ2v) is 14.2. The summed E-state index contributed by atoms with van der Waals surface area (Å²) in [5.74, 6) is -2.23. The number of carbonyl (C=O) groups excluding carboxylic acids is 1. The first-order chi connectivity index (χ1) is 21.1. The molecule has 1 aromatic heterocycles. The smallest absolute Gasteiger partial charge is 0.326 e. The van der Waals surface area contributed by atoms with Crippen molar-refractivity contribution in [1.29, 1.82) is 0 Å². The van der Waals surface area contributed by atoms with Gasteiger partial charge in [0.2, 0.25) is 0 Å². The van der Waals surface area contributed by atoms with Gasteiger partial charge in [0.1, 0.15) is 20.9 Å². The fourth-order valence-electron chi connectivity index (χ4n) is 4.85. The lowest BCUT2D eigenvalue weighted by atomic mass is 9.93. The Labute approximate surface area is 263 Å². The number of rotatable bonds is 15.